The molecule has 3 nitrogen and oxygen atoms in total. The highest BCUT2D eigenvalue weighted by Gasteiger charge is 2.10. The maximum absolute atomic E-state index is 12.9. The van der Waals surface area contributed by atoms with Gasteiger partial charge in [-0.1, -0.05) is 22.0 Å². The van der Waals surface area contributed by atoms with Crippen LogP contribution in [0, 0.1) is 5.82 Å². The zero-order valence-electron chi connectivity index (χ0n) is 9.70. The van der Waals surface area contributed by atoms with Crippen molar-refractivity contribution in [1.29, 1.82) is 0 Å². The van der Waals surface area contributed by atoms with E-state index in [-0.39, 0.29) is 17.6 Å². The molecular weight excluding hydrogens is 309 g/mol. The summed E-state index contributed by atoms with van der Waals surface area (Å²) < 4.78 is 35.5. The highest BCUT2D eigenvalue weighted by atomic mass is 79.9. The predicted molar refractivity (Wildman–Crippen MR) is 70.2 cm³/mol. The average Bonchev–Trinajstić information content (AvgIpc) is 2.15. The third-order valence-corrected chi connectivity index (χ3v) is 3.98. The summed E-state index contributed by atoms with van der Waals surface area (Å²) in [4.78, 5) is 0. The van der Waals surface area contributed by atoms with Gasteiger partial charge in [0.2, 0.25) is 0 Å². The first kappa shape index (κ1) is 14.6. The first-order valence-corrected chi connectivity index (χ1v) is 8.01. The summed E-state index contributed by atoms with van der Waals surface area (Å²) in [6.45, 7) is 2.28. The normalized spacial score (nSPS) is 13.6. The van der Waals surface area contributed by atoms with Gasteiger partial charge in [0.05, 0.1) is 5.75 Å². The Balaban J connectivity index is 2.61. The zero-order valence-corrected chi connectivity index (χ0v) is 12.1. The Bertz CT molecular complexity index is 490. The van der Waals surface area contributed by atoms with E-state index in [9.17, 15) is 12.8 Å². The number of hydrogen-bond donors (Lipinski definition) is 1. The van der Waals surface area contributed by atoms with Crippen molar-refractivity contribution < 1.29 is 12.8 Å². The van der Waals surface area contributed by atoms with E-state index in [1.807, 2.05) is 6.92 Å². The van der Waals surface area contributed by atoms with Crippen LogP contribution in [0.1, 0.15) is 18.5 Å². The molecule has 1 rings (SSSR count). The fraction of sp³-hybridized carbons (Fsp3) is 0.455. The molecule has 0 aromatic heterocycles. The maximum Gasteiger partial charge on any atom is 0.148 e. The van der Waals surface area contributed by atoms with E-state index in [4.69, 9.17) is 0 Å². The van der Waals surface area contributed by atoms with E-state index in [2.05, 4.69) is 21.2 Å². The van der Waals surface area contributed by atoms with Crippen LogP contribution in [0.15, 0.2) is 22.7 Å². The molecule has 1 unspecified atom stereocenters. The van der Waals surface area contributed by atoms with Crippen LogP contribution >= 0.6 is 15.9 Å². The molecule has 0 bridgehead atoms. The van der Waals surface area contributed by atoms with Crippen LogP contribution in [0.2, 0.25) is 0 Å². The van der Waals surface area contributed by atoms with Crippen LogP contribution in [0.3, 0.4) is 0 Å². The summed E-state index contributed by atoms with van der Waals surface area (Å²) >= 11 is 3.28. The molecule has 0 radical (unpaired) electrons. The molecule has 6 heteroatoms. The maximum atomic E-state index is 12.9. The molecule has 1 aromatic rings. The van der Waals surface area contributed by atoms with Gasteiger partial charge in [0.25, 0.3) is 0 Å². The molecular formula is C11H15BrFNO2S. The average molecular weight is 324 g/mol. The summed E-state index contributed by atoms with van der Waals surface area (Å²) in [5.41, 5.74) is 0.903. The Morgan fingerprint density at radius 1 is 1.47 bits per heavy atom. The second-order valence-corrected chi connectivity index (χ2v) is 7.09. The van der Waals surface area contributed by atoms with Gasteiger partial charge >= 0.3 is 0 Å². The summed E-state index contributed by atoms with van der Waals surface area (Å²) in [5.74, 6) is -0.208. The molecule has 0 fully saturated rings. The smallest absolute Gasteiger partial charge is 0.148 e. The molecule has 1 aromatic carbocycles. The van der Waals surface area contributed by atoms with Crippen LogP contribution in [0.4, 0.5) is 4.39 Å². The molecule has 0 saturated heterocycles. The lowest BCUT2D eigenvalue weighted by atomic mass is 10.1. The van der Waals surface area contributed by atoms with Crippen molar-refractivity contribution in [3.63, 3.8) is 0 Å². The third kappa shape index (κ3) is 5.14. The van der Waals surface area contributed by atoms with Crippen LogP contribution in [0.5, 0.6) is 0 Å². The van der Waals surface area contributed by atoms with Crippen LogP contribution < -0.4 is 5.32 Å². The second-order valence-electron chi connectivity index (χ2n) is 3.97. The van der Waals surface area contributed by atoms with Crippen molar-refractivity contribution in [2.24, 2.45) is 0 Å². The number of rotatable bonds is 5. The molecule has 0 aliphatic carbocycles. The second kappa shape index (κ2) is 5.93. The number of sulfone groups is 1. The fourth-order valence-electron chi connectivity index (χ4n) is 1.42. The summed E-state index contributed by atoms with van der Waals surface area (Å²) in [5, 5.41) is 3.08. The van der Waals surface area contributed by atoms with Gasteiger partial charge in [-0.3, -0.25) is 0 Å². The first-order chi connectivity index (χ1) is 7.79. The monoisotopic (exact) mass is 323 g/mol. The van der Waals surface area contributed by atoms with Crippen molar-refractivity contribution in [2.75, 3.05) is 18.6 Å². The van der Waals surface area contributed by atoms with Gasteiger partial charge in [-0.05, 0) is 24.6 Å². The molecule has 0 aliphatic rings. The van der Waals surface area contributed by atoms with Gasteiger partial charge in [-0.15, -0.1) is 0 Å². The van der Waals surface area contributed by atoms with E-state index < -0.39 is 9.84 Å². The van der Waals surface area contributed by atoms with E-state index >= 15 is 0 Å². The largest absolute Gasteiger partial charge is 0.309 e. The lowest BCUT2D eigenvalue weighted by Gasteiger charge is -2.15. The van der Waals surface area contributed by atoms with Crippen molar-refractivity contribution in [3.8, 4) is 0 Å². The van der Waals surface area contributed by atoms with Gasteiger partial charge < -0.3 is 5.32 Å². The number of benzene rings is 1. The number of hydrogen-bond acceptors (Lipinski definition) is 3. The van der Waals surface area contributed by atoms with Crippen molar-refractivity contribution in [2.45, 2.75) is 13.0 Å². The SMILES string of the molecule is CC(NCCS(C)(=O)=O)c1ccc(F)cc1Br. The topological polar surface area (TPSA) is 46.2 Å². The zero-order chi connectivity index (χ0) is 13.1. The molecule has 17 heavy (non-hydrogen) atoms. The third-order valence-electron chi connectivity index (χ3n) is 2.35. The molecule has 0 saturated carbocycles. The minimum absolute atomic E-state index is 0.0354. The Kier molecular flexibility index (Phi) is 5.09. The minimum atomic E-state index is -2.95. The summed E-state index contributed by atoms with van der Waals surface area (Å²) in [6, 6.07) is 4.42. The Hall–Kier alpha value is -0.460. The van der Waals surface area contributed by atoms with Crippen LogP contribution in [0.25, 0.3) is 0 Å². The van der Waals surface area contributed by atoms with E-state index in [0.717, 1.165) is 5.56 Å². The Morgan fingerprint density at radius 2 is 2.12 bits per heavy atom. The van der Waals surface area contributed by atoms with Crippen LogP contribution in [-0.2, 0) is 9.84 Å². The highest BCUT2D eigenvalue weighted by molar-refractivity contribution is 9.10. The molecule has 0 aliphatic heterocycles. The van der Waals surface area contributed by atoms with E-state index in [0.29, 0.717) is 11.0 Å². The van der Waals surface area contributed by atoms with Gasteiger partial charge in [0.1, 0.15) is 15.7 Å². The lowest BCUT2D eigenvalue weighted by molar-refractivity contribution is 0.572. The molecule has 96 valence electrons. The van der Waals surface area contributed by atoms with Gasteiger partial charge in [-0.2, -0.15) is 0 Å². The molecule has 0 spiro atoms. The summed E-state index contributed by atoms with van der Waals surface area (Å²) in [6.07, 6.45) is 1.20. The van der Waals surface area contributed by atoms with Crippen molar-refractivity contribution in [1.82, 2.24) is 5.32 Å². The van der Waals surface area contributed by atoms with E-state index in [1.54, 1.807) is 6.07 Å². The van der Waals surface area contributed by atoms with Crippen molar-refractivity contribution in [3.05, 3.63) is 34.1 Å². The number of halogens is 2. The quantitative estimate of drug-likeness (QED) is 0.904. The fourth-order valence-corrected chi connectivity index (χ4v) is 2.61. The molecule has 0 amide bonds. The first-order valence-electron chi connectivity index (χ1n) is 5.15. The minimum Gasteiger partial charge on any atom is -0.309 e. The van der Waals surface area contributed by atoms with Gasteiger partial charge in [0.15, 0.2) is 0 Å². The van der Waals surface area contributed by atoms with Gasteiger partial charge in [-0.25, -0.2) is 12.8 Å². The van der Waals surface area contributed by atoms with Crippen molar-refractivity contribution >= 4 is 25.8 Å². The standard InChI is InChI=1S/C11H15BrFNO2S/c1-8(14-5-6-17(2,15)16)10-4-3-9(13)7-11(10)12/h3-4,7-8,14H,5-6H2,1-2H3. The Labute approximate surface area is 109 Å². The van der Waals surface area contributed by atoms with Gasteiger partial charge in [0, 0.05) is 23.3 Å². The summed E-state index contributed by atoms with van der Waals surface area (Å²) in [7, 11) is -2.95. The molecule has 0 heterocycles. The van der Waals surface area contributed by atoms with Crippen LogP contribution in [-0.4, -0.2) is 27.0 Å². The number of nitrogens with one attached hydrogen (secondary N) is 1. The Morgan fingerprint density at radius 3 is 2.65 bits per heavy atom. The van der Waals surface area contributed by atoms with E-state index in [1.165, 1.54) is 18.4 Å². The molecule has 1 N–H and O–H groups in total. The lowest BCUT2D eigenvalue weighted by Crippen LogP contribution is -2.25. The predicted octanol–water partition coefficient (Wildman–Crippen LogP) is 2.28. The highest BCUT2D eigenvalue weighted by Crippen LogP contribution is 2.23. The molecule has 1 atom stereocenters.